The molecule has 5 heterocycles. The Kier molecular flexibility index (Phi) is 9.21. The van der Waals surface area contributed by atoms with Crippen LogP contribution in [0.5, 0.6) is 0 Å². The van der Waals surface area contributed by atoms with Gasteiger partial charge < -0.3 is 30.2 Å². The summed E-state index contributed by atoms with van der Waals surface area (Å²) in [5.41, 5.74) is 5.44. The summed E-state index contributed by atoms with van der Waals surface area (Å²) in [5, 5.41) is 24.0. The van der Waals surface area contributed by atoms with Gasteiger partial charge in [0, 0.05) is 84.1 Å². The van der Waals surface area contributed by atoms with E-state index in [1.54, 1.807) is 11.3 Å². The molecule has 0 saturated heterocycles. The number of aromatic nitrogens is 1. The van der Waals surface area contributed by atoms with Crippen molar-refractivity contribution >= 4 is 56.8 Å². The SMILES string of the molecule is CC(=O)O.CC(=O)O.c1cc2c(-c3ccc(-c4cc5ccc(C6=NCCCN6)cc5o4)s3)c[nH]c2cc1C1=NCCCN1. The summed E-state index contributed by atoms with van der Waals surface area (Å²) < 4.78 is 6.29. The molecule has 2 aliphatic heterocycles. The molecule has 0 amide bonds. The van der Waals surface area contributed by atoms with Crippen molar-refractivity contribution in [3.05, 3.63) is 71.9 Å². The number of carboxylic acids is 2. The summed E-state index contributed by atoms with van der Waals surface area (Å²) in [4.78, 5) is 33.0. The van der Waals surface area contributed by atoms with Crippen molar-refractivity contribution in [1.82, 2.24) is 15.6 Å². The Morgan fingerprint density at radius 3 is 2.05 bits per heavy atom. The third kappa shape index (κ3) is 7.31. The van der Waals surface area contributed by atoms with Crippen LogP contribution >= 0.6 is 11.3 Å². The van der Waals surface area contributed by atoms with Gasteiger partial charge >= 0.3 is 0 Å². The molecule has 222 valence electrons. The fourth-order valence-electron chi connectivity index (χ4n) is 4.84. The Balaban J connectivity index is 0.000000414. The van der Waals surface area contributed by atoms with Crippen molar-refractivity contribution < 1.29 is 24.2 Å². The number of aliphatic imine (C=N–C) groups is 2. The van der Waals surface area contributed by atoms with Gasteiger partial charge in [0.05, 0.1) is 4.88 Å². The van der Waals surface area contributed by atoms with Gasteiger partial charge in [-0.2, -0.15) is 0 Å². The van der Waals surface area contributed by atoms with E-state index in [9.17, 15) is 0 Å². The second-order valence-electron chi connectivity index (χ2n) is 10.0. The Morgan fingerprint density at radius 1 is 0.814 bits per heavy atom. The van der Waals surface area contributed by atoms with Gasteiger partial charge in [0.25, 0.3) is 11.9 Å². The van der Waals surface area contributed by atoms with Crippen LogP contribution in [0.4, 0.5) is 0 Å². The van der Waals surface area contributed by atoms with Crippen LogP contribution in [-0.4, -0.2) is 65.0 Å². The molecule has 5 aromatic rings. The molecule has 0 radical (unpaired) electrons. The lowest BCUT2D eigenvalue weighted by molar-refractivity contribution is -0.135. The largest absolute Gasteiger partial charge is 0.481 e. The number of benzene rings is 2. The first-order valence-corrected chi connectivity index (χ1v) is 14.8. The molecule has 0 bridgehead atoms. The molecule has 3 aromatic heterocycles. The Labute approximate surface area is 252 Å². The third-order valence-corrected chi connectivity index (χ3v) is 7.79. The number of carbonyl (C=O) groups is 2. The number of fused-ring (bicyclic) bond motifs is 2. The van der Waals surface area contributed by atoms with E-state index in [-0.39, 0.29) is 0 Å². The van der Waals surface area contributed by atoms with E-state index in [0.29, 0.717) is 0 Å². The number of hydrogen-bond acceptors (Lipinski definition) is 8. The molecule has 2 aromatic carbocycles. The lowest BCUT2D eigenvalue weighted by atomic mass is 10.1. The number of rotatable bonds is 4. The number of amidine groups is 2. The third-order valence-electron chi connectivity index (χ3n) is 6.66. The lowest BCUT2D eigenvalue weighted by Gasteiger charge is -2.14. The molecule has 0 spiro atoms. The van der Waals surface area contributed by atoms with E-state index < -0.39 is 11.9 Å². The van der Waals surface area contributed by atoms with Crippen LogP contribution in [0.25, 0.3) is 43.0 Å². The number of thiophene rings is 1. The average Bonchev–Trinajstić information content (AvgIpc) is 3.75. The smallest absolute Gasteiger partial charge is 0.300 e. The molecule has 11 heteroatoms. The monoisotopic (exact) mass is 599 g/mol. The maximum Gasteiger partial charge on any atom is 0.300 e. The maximum absolute atomic E-state index is 9.00. The average molecular weight is 600 g/mol. The minimum Gasteiger partial charge on any atom is -0.481 e. The number of nitrogens with zero attached hydrogens (tertiary/aromatic N) is 2. The first-order chi connectivity index (χ1) is 20.8. The zero-order chi connectivity index (χ0) is 30.3. The topological polar surface area (TPSA) is 152 Å². The number of carboxylic acid groups (broad SMARTS) is 2. The second-order valence-corrected chi connectivity index (χ2v) is 11.1. The van der Waals surface area contributed by atoms with Gasteiger partial charge in [-0.05, 0) is 43.2 Å². The van der Waals surface area contributed by atoms with Crippen LogP contribution in [0, 0.1) is 0 Å². The molecule has 0 unspecified atom stereocenters. The molecule has 0 saturated carbocycles. The molecular formula is C32H33N5O5S. The number of hydrogen-bond donors (Lipinski definition) is 5. The Hall–Kier alpha value is -4.90. The van der Waals surface area contributed by atoms with E-state index in [4.69, 9.17) is 24.2 Å². The zero-order valence-corrected chi connectivity index (χ0v) is 24.8. The minimum absolute atomic E-state index is 0.833. The number of H-pyrrole nitrogens is 1. The number of aromatic amines is 1. The molecule has 5 N–H and O–H groups in total. The van der Waals surface area contributed by atoms with Crippen LogP contribution in [0.3, 0.4) is 0 Å². The summed E-state index contributed by atoms with van der Waals surface area (Å²) in [6, 6.07) is 19.3. The molecular weight excluding hydrogens is 566 g/mol. The summed E-state index contributed by atoms with van der Waals surface area (Å²) in [6.45, 7) is 5.89. The molecule has 0 fully saturated rings. The number of nitrogens with one attached hydrogen (secondary N) is 3. The standard InChI is InChI=1S/C28H25N5OS.2C2H4O2/c1-9-29-27(30-10-1)18-5-6-20-21(16-33-22(20)13-18)25-7-8-26(35-25)24-14-17-3-4-19(15-23(17)34-24)28-31-11-2-12-32-28;2*1-2(3)4/h3-8,13-16,33H,1-2,9-12H2,(H,29,30)(H,31,32);2*1H3,(H,3,4). The second kappa shape index (κ2) is 13.4. The van der Waals surface area contributed by atoms with Gasteiger partial charge in [-0.1, -0.05) is 24.3 Å². The van der Waals surface area contributed by atoms with Gasteiger partial charge in [0.1, 0.15) is 23.0 Å². The molecule has 7 rings (SSSR count). The number of furan rings is 1. The van der Waals surface area contributed by atoms with E-state index in [1.807, 2.05) is 0 Å². The zero-order valence-electron chi connectivity index (χ0n) is 23.9. The number of aliphatic carboxylic acids is 2. The predicted molar refractivity (Wildman–Crippen MR) is 171 cm³/mol. The summed E-state index contributed by atoms with van der Waals surface area (Å²) in [5.74, 6) is 1.19. The van der Waals surface area contributed by atoms with Crippen molar-refractivity contribution in [1.29, 1.82) is 0 Å². The van der Waals surface area contributed by atoms with Crippen molar-refractivity contribution in [2.45, 2.75) is 26.7 Å². The highest BCUT2D eigenvalue weighted by molar-refractivity contribution is 7.18. The fourth-order valence-corrected chi connectivity index (χ4v) is 5.83. The predicted octanol–water partition coefficient (Wildman–Crippen LogP) is 5.97. The molecule has 2 aliphatic rings. The molecule has 43 heavy (non-hydrogen) atoms. The highest BCUT2D eigenvalue weighted by atomic mass is 32.1. The Morgan fingerprint density at radius 2 is 1.42 bits per heavy atom. The van der Waals surface area contributed by atoms with Gasteiger partial charge in [0.2, 0.25) is 0 Å². The van der Waals surface area contributed by atoms with Crippen LogP contribution in [0.15, 0.2) is 75.2 Å². The maximum atomic E-state index is 9.00. The van der Waals surface area contributed by atoms with Gasteiger partial charge in [-0.15, -0.1) is 11.3 Å². The van der Waals surface area contributed by atoms with Crippen LogP contribution in [-0.2, 0) is 9.59 Å². The Bertz CT molecular complexity index is 1810. The van der Waals surface area contributed by atoms with Crippen LogP contribution in [0.2, 0.25) is 0 Å². The van der Waals surface area contributed by atoms with E-state index in [0.717, 1.165) is 103 Å². The highest BCUT2D eigenvalue weighted by Crippen LogP contribution is 2.39. The van der Waals surface area contributed by atoms with Crippen molar-refractivity contribution in [2.75, 3.05) is 26.2 Å². The molecule has 10 nitrogen and oxygen atoms in total. The van der Waals surface area contributed by atoms with Crippen molar-refractivity contribution in [3.63, 3.8) is 0 Å². The summed E-state index contributed by atoms with van der Waals surface area (Å²) >= 11 is 1.75. The van der Waals surface area contributed by atoms with Crippen LogP contribution < -0.4 is 10.6 Å². The molecule has 0 aliphatic carbocycles. The van der Waals surface area contributed by atoms with Gasteiger partial charge in [-0.25, -0.2) is 0 Å². The van der Waals surface area contributed by atoms with E-state index in [1.165, 1.54) is 15.8 Å². The first-order valence-electron chi connectivity index (χ1n) is 14.0. The van der Waals surface area contributed by atoms with E-state index in [2.05, 4.69) is 86.4 Å². The first kappa shape index (κ1) is 29.6. The van der Waals surface area contributed by atoms with Crippen molar-refractivity contribution in [2.24, 2.45) is 9.98 Å². The van der Waals surface area contributed by atoms with Crippen molar-refractivity contribution in [3.8, 4) is 21.1 Å². The van der Waals surface area contributed by atoms with Crippen LogP contribution in [0.1, 0.15) is 37.8 Å². The quantitative estimate of drug-likeness (QED) is 0.171. The molecule has 0 atom stereocenters. The normalized spacial score (nSPS) is 14.3. The summed E-state index contributed by atoms with van der Waals surface area (Å²) in [7, 11) is 0. The van der Waals surface area contributed by atoms with Gasteiger partial charge in [-0.3, -0.25) is 19.6 Å². The van der Waals surface area contributed by atoms with E-state index >= 15 is 0 Å². The fraction of sp³-hybridized carbons (Fsp3) is 0.250. The van der Waals surface area contributed by atoms with Gasteiger partial charge in [0.15, 0.2) is 0 Å². The lowest BCUT2D eigenvalue weighted by Crippen LogP contribution is -2.30. The highest BCUT2D eigenvalue weighted by Gasteiger charge is 2.15. The summed E-state index contributed by atoms with van der Waals surface area (Å²) in [6.07, 6.45) is 4.28. The minimum atomic E-state index is -0.833.